The van der Waals surface area contributed by atoms with E-state index in [9.17, 15) is 9.59 Å². The monoisotopic (exact) mass is 421 g/mol. The first-order chi connectivity index (χ1) is 15.1. The zero-order valence-electron chi connectivity index (χ0n) is 17.7. The molecule has 1 aromatic heterocycles. The summed E-state index contributed by atoms with van der Waals surface area (Å²) in [6.45, 7) is 5.70. The molecule has 2 heterocycles. The standard InChI is InChI=1S/C23H27N5O3/c1-18-17-26(14-15-28(18)31-22(29)16-19-8-3-2-4-9-19)12-7-13-27-23(30)20-10-5-6-11-21(20)24-25-27/h2-6,8-11,18H,7,12-17H2,1H3. The third-order valence-electron chi connectivity index (χ3n) is 5.53. The van der Waals surface area contributed by atoms with E-state index in [0.717, 1.165) is 31.6 Å². The van der Waals surface area contributed by atoms with E-state index in [-0.39, 0.29) is 24.0 Å². The van der Waals surface area contributed by atoms with Crippen LogP contribution in [-0.2, 0) is 22.6 Å². The molecule has 0 N–H and O–H groups in total. The van der Waals surface area contributed by atoms with Crippen LogP contribution in [0.5, 0.6) is 0 Å². The van der Waals surface area contributed by atoms with E-state index in [1.54, 1.807) is 17.2 Å². The highest BCUT2D eigenvalue weighted by Gasteiger charge is 2.26. The first-order valence-corrected chi connectivity index (χ1v) is 10.7. The predicted molar refractivity (Wildman–Crippen MR) is 117 cm³/mol. The first-order valence-electron chi connectivity index (χ1n) is 10.7. The van der Waals surface area contributed by atoms with Gasteiger partial charge in [-0.3, -0.25) is 4.79 Å². The van der Waals surface area contributed by atoms with Crippen LogP contribution < -0.4 is 5.56 Å². The Labute approximate surface area is 181 Å². The Morgan fingerprint density at radius 2 is 1.84 bits per heavy atom. The highest BCUT2D eigenvalue weighted by atomic mass is 16.7. The predicted octanol–water partition coefficient (Wildman–Crippen LogP) is 1.89. The van der Waals surface area contributed by atoms with Crippen LogP contribution in [0.1, 0.15) is 18.9 Å². The molecule has 1 unspecified atom stereocenters. The average Bonchev–Trinajstić information content (AvgIpc) is 2.78. The van der Waals surface area contributed by atoms with Crippen LogP contribution in [-0.4, -0.2) is 63.1 Å². The fourth-order valence-electron chi connectivity index (χ4n) is 3.89. The van der Waals surface area contributed by atoms with Crippen LogP contribution in [0.4, 0.5) is 0 Å². The second kappa shape index (κ2) is 9.80. The zero-order chi connectivity index (χ0) is 21.6. The molecule has 0 bridgehead atoms. The van der Waals surface area contributed by atoms with Gasteiger partial charge in [0.05, 0.1) is 17.8 Å². The third-order valence-corrected chi connectivity index (χ3v) is 5.53. The number of carbonyl (C=O) groups excluding carboxylic acids is 1. The lowest BCUT2D eigenvalue weighted by Gasteiger charge is -2.38. The van der Waals surface area contributed by atoms with Gasteiger partial charge in [0, 0.05) is 32.7 Å². The molecule has 162 valence electrons. The van der Waals surface area contributed by atoms with Gasteiger partial charge in [-0.25, -0.2) is 9.48 Å². The van der Waals surface area contributed by atoms with Crippen LogP contribution in [0.15, 0.2) is 59.4 Å². The van der Waals surface area contributed by atoms with E-state index in [1.165, 1.54) is 4.68 Å². The first kappa shape index (κ1) is 21.1. The van der Waals surface area contributed by atoms with Crippen molar-refractivity contribution in [3.05, 3.63) is 70.5 Å². The number of nitrogens with zero attached hydrogens (tertiary/aromatic N) is 5. The Morgan fingerprint density at radius 1 is 1.06 bits per heavy atom. The topological polar surface area (TPSA) is 80.6 Å². The van der Waals surface area contributed by atoms with Crippen LogP contribution in [0.3, 0.4) is 0 Å². The van der Waals surface area contributed by atoms with Gasteiger partial charge in [0.2, 0.25) is 0 Å². The van der Waals surface area contributed by atoms with Gasteiger partial charge in [-0.15, -0.1) is 10.2 Å². The summed E-state index contributed by atoms with van der Waals surface area (Å²) in [7, 11) is 0. The van der Waals surface area contributed by atoms with Gasteiger partial charge in [-0.05, 0) is 31.0 Å². The summed E-state index contributed by atoms with van der Waals surface area (Å²) >= 11 is 0. The Morgan fingerprint density at radius 3 is 2.65 bits per heavy atom. The number of aromatic nitrogens is 3. The Hall–Kier alpha value is -3.10. The lowest BCUT2D eigenvalue weighted by molar-refractivity contribution is -0.209. The van der Waals surface area contributed by atoms with Crippen molar-refractivity contribution in [3.8, 4) is 0 Å². The van der Waals surface area contributed by atoms with E-state index < -0.39 is 0 Å². The van der Waals surface area contributed by atoms with E-state index in [2.05, 4.69) is 22.1 Å². The van der Waals surface area contributed by atoms with Gasteiger partial charge in [-0.2, -0.15) is 0 Å². The normalized spacial score (nSPS) is 17.6. The lowest BCUT2D eigenvalue weighted by atomic mass is 10.2. The molecule has 8 heteroatoms. The van der Waals surface area contributed by atoms with Gasteiger partial charge in [-0.1, -0.05) is 47.7 Å². The van der Waals surface area contributed by atoms with Crippen molar-refractivity contribution in [1.82, 2.24) is 25.0 Å². The molecule has 0 amide bonds. The molecule has 3 aromatic rings. The van der Waals surface area contributed by atoms with Crippen molar-refractivity contribution in [2.45, 2.75) is 32.4 Å². The second-order valence-electron chi connectivity index (χ2n) is 7.90. The molecule has 0 aliphatic carbocycles. The molecule has 0 saturated carbocycles. The number of hydrogen-bond acceptors (Lipinski definition) is 7. The average molecular weight is 422 g/mol. The quantitative estimate of drug-likeness (QED) is 0.576. The zero-order valence-corrected chi connectivity index (χ0v) is 17.7. The molecule has 2 aromatic carbocycles. The molecule has 1 atom stereocenters. The van der Waals surface area contributed by atoms with Crippen molar-refractivity contribution in [2.24, 2.45) is 0 Å². The SMILES string of the molecule is CC1CN(CCCn2nnc3ccccc3c2=O)CCN1OC(=O)Cc1ccccc1. The molecule has 1 aliphatic rings. The number of rotatable bonds is 7. The van der Waals surface area contributed by atoms with Crippen molar-refractivity contribution < 1.29 is 9.63 Å². The minimum Gasteiger partial charge on any atom is -0.367 e. The van der Waals surface area contributed by atoms with E-state index >= 15 is 0 Å². The Bertz CT molecular complexity index is 1090. The van der Waals surface area contributed by atoms with Crippen molar-refractivity contribution >= 4 is 16.9 Å². The van der Waals surface area contributed by atoms with Crippen molar-refractivity contribution in [1.29, 1.82) is 0 Å². The van der Waals surface area contributed by atoms with E-state index in [1.807, 2.05) is 42.5 Å². The minimum absolute atomic E-state index is 0.103. The van der Waals surface area contributed by atoms with Crippen LogP contribution in [0.2, 0.25) is 0 Å². The largest absolute Gasteiger partial charge is 0.367 e. The third kappa shape index (κ3) is 5.34. The van der Waals surface area contributed by atoms with Crippen LogP contribution in [0, 0.1) is 0 Å². The maximum atomic E-state index is 12.5. The number of piperazine rings is 1. The molecule has 0 spiro atoms. The minimum atomic E-state index is -0.235. The summed E-state index contributed by atoms with van der Waals surface area (Å²) in [6.07, 6.45) is 1.07. The molecule has 0 radical (unpaired) electrons. The van der Waals surface area contributed by atoms with Crippen LogP contribution in [0.25, 0.3) is 10.9 Å². The molecule has 4 rings (SSSR count). The number of aryl methyl sites for hydroxylation is 1. The van der Waals surface area contributed by atoms with Crippen molar-refractivity contribution in [2.75, 3.05) is 26.2 Å². The van der Waals surface area contributed by atoms with E-state index in [4.69, 9.17) is 4.84 Å². The number of benzene rings is 2. The van der Waals surface area contributed by atoms with Crippen molar-refractivity contribution in [3.63, 3.8) is 0 Å². The summed E-state index contributed by atoms with van der Waals surface area (Å²) in [6, 6.07) is 17.0. The van der Waals surface area contributed by atoms with Gasteiger partial charge in [0.15, 0.2) is 0 Å². The van der Waals surface area contributed by atoms with Gasteiger partial charge in [0.1, 0.15) is 5.52 Å². The van der Waals surface area contributed by atoms with Gasteiger partial charge in [0.25, 0.3) is 5.56 Å². The highest BCUT2D eigenvalue weighted by molar-refractivity contribution is 5.76. The van der Waals surface area contributed by atoms with E-state index in [0.29, 0.717) is 24.0 Å². The second-order valence-corrected chi connectivity index (χ2v) is 7.90. The maximum Gasteiger partial charge on any atom is 0.329 e. The Kier molecular flexibility index (Phi) is 6.69. The number of hydrogen-bond donors (Lipinski definition) is 0. The fourth-order valence-corrected chi connectivity index (χ4v) is 3.89. The molecular weight excluding hydrogens is 394 g/mol. The fraction of sp³-hybridized carbons (Fsp3) is 0.391. The number of fused-ring (bicyclic) bond motifs is 1. The number of hydroxylamine groups is 2. The molecule has 1 aliphatic heterocycles. The molecule has 1 fully saturated rings. The molecule has 31 heavy (non-hydrogen) atoms. The van der Waals surface area contributed by atoms with Gasteiger partial charge < -0.3 is 9.74 Å². The smallest absolute Gasteiger partial charge is 0.329 e. The summed E-state index contributed by atoms with van der Waals surface area (Å²) in [4.78, 5) is 32.7. The summed E-state index contributed by atoms with van der Waals surface area (Å²) in [5.74, 6) is -0.235. The lowest BCUT2D eigenvalue weighted by Crippen LogP contribution is -2.52. The molecule has 8 nitrogen and oxygen atoms in total. The molecule has 1 saturated heterocycles. The highest BCUT2D eigenvalue weighted by Crippen LogP contribution is 2.12. The van der Waals surface area contributed by atoms with Crippen LogP contribution >= 0.6 is 0 Å². The summed E-state index contributed by atoms with van der Waals surface area (Å²) in [5.41, 5.74) is 1.47. The summed E-state index contributed by atoms with van der Waals surface area (Å²) < 4.78 is 1.44. The van der Waals surface area contributed by atoms with Gasteiger partial charge >= 0.3 is 5.97 Å². The Balaban J connectivity index is 1.24. The summed E-state index contributed by atoms with van der Waals surface area (Å²) in [5, 5.41) is 10.6. The maximum absolute atomic E-state index is 12.5. The molecular formula is C23H27N5O3. The number of carbonyl (C=O) groups is 1.